The molecule has 0 N–H and O–H groups in total. The Kier molecular flexibility index (Phi) is 5.45. The van der Waals surface area contributed by atoms with Crippen LogP contribution in [0.2, 0.25) is 0 Å². The number of hydrogen-bond acceptors (Lipinski definition) is 7. The Labute approximate surface area is 149 Å². The molecule has 0 saturated heterocycles. The van der Waals surface area contributed by atoms with E-state index in [2.05, 4.69) is 0 Å². The maximum Gasteiger partial charge on any atom is 0.338 e. The molecule has 26 heavy (non-hydrogen) atoms. The van der Waals surface area contributed by atoms with E-state index in [9.17, 15) is 14.9 Å². The average Bonchev–Trinajstić information content (AvgIpc) is 2.66. The summed E-state index contributed by atoms with van der Waals surface area (Å²) in [6, 6.07) is 9.63. The lowest BCUT2D eigenvalue weighted by Gasteiger charge is -2.20. The van der Waals surface area contributed by atoms with Gasteiger partial charge in [-0.05, 0) is 17.7 Å². The molecule has 2 aromatic rings. The summed E-state index contributed by atoms with van der Waals surface area (Å²) in [4.78, 5) is 22.9. The molecule has 0 unspecified atom stereocenters. The van der Waals surface area contributed by atoms with E-state index in [1.807, 2.05) is 6.07 Å². The van der Waals surface area contributed by atoms with Crippen LogP contribution in [-0.2, 0) is 34.0 Å². The van der Waals surface area contributed by atoms with Crippen LogP contribution < -0.4 is 4.74 Å². The van der Waals surface area contributed by atoms with Gasteiger partial charge in [0.1, 0.15) is 12.4 Å². The van der Waals surface area contributed by atoms with Gasteiger partial charge in [0.25, 0.3) is 5.69 Å². The van der Waals surface area contributed by atoms with Gasteiger partial charge in [-0.1, -0.05) is 12.1 Å². The number of nitro benzene ring substituents is 1. The summed E-state index contributed by atoms with van der Waals surface area (Å²) in [5.74, 6) is -0.0712. The average molecular weight is 359 g/mol. The Morgan fingerprint density at radius 2 is 2.12 bits per heavy atom. The van der Waals surface area contributed by atoms with E-state index in [4.69, 9.17) is 18.9 Å². The van der Waals surface area contributed by atoms with Crippen molar-refractivity contribution in [3.63, 3.8) is 0 Å². The second kappa shape index (κ2) is 7.94. The van der Waals surface area contributed by atoms with E-state index in [0.717, 1.165) is 5.56 Å². The molecular weight excluding hydrogens is 342 g/mol. The van der Waals surface area contributed by atoms with Gasteiger partial charge in [0, 0.05) is 30.4 Å². The molecule has 0 aliphatic carbocycles. The lowest BCUT2D eigenvalue weighted by molar-refractivity contribution is -0.385. The van der Waals surface area contributed by atoms with E-state index in [1.54, 1.807) is 25.3 Å². The van der Waals surface area contributed by atoms with Crippen LogP contribution >= 0.6 is 0 Å². The van der Waals surface area contributed by atoms with E-state index in [1.165, 1.54) is 12.1 Å². The van der Waals surface area contributed by atoms with Gasteiger partial charge >= 0.3 is 5.97 Å². The van der Waals surface area contributed by atoms with E-state index in [0.29, 0.717) is 29.0 Å². The molecule has 1 aliphatic rings. The lowest BCUT2D eigenvalue weighted by atomic mass is 10.1. The molecule has 0 spiro atoms. The van der Waals surface area contributed by atoms with Crippen LogP contribution in [0.3, 0.4) is 0 Å². The van der Waals surface area contributed by atoms with Crippen LogP contribution in [0.25, 0.3) is 0 Å². The van der Waals surface area contributed by atoms with Crippen LogP contribution in [-0.4, -0.2) is 24.8 Å². The maximum absolute atomic E-state index is 12.3. The van der Waals surface area contributed by atoms with Crippen LogP contribution in [0.5, 0.6) is 5.75 Å². The summed E-state index contributed by atoms with van der Waals surface area (Å²) in [6.45, 7) is 0.493. The quantitative estimate of drug-likeness (QED) is 0.444. The topological polar surface area (TPSA) is 97.1 Å². The second-order valence-electron chi connectivity index (χ2n) is 5.67. The number of fused-ring (bicyclic) bond motifs is 1. The van der Waals surface area contributed by atoms with Crippen molar-refractivity contribution >= 4 is 11.7 Å². The van der Waals surface area contributed by atoms with Gasteiger partial charge in [-0.2, -0.15) is 0 Å². The van der Waals surface area contributed by atoms with Gasteiger partial charge in [-0.3, -0.25) is 10.1 Å². The van der Waals surface area contributed by atoms with Crippen LogP contribution in [0, 0.1) is 10.1 Å². The SMILES string of the molecule is COCc1cccc(C(=O)OCc2cc([N+](=O)[O-])cc3c2OCOC3)c1. The van der Waals surface area contributed by atoms with Gasteiger partial charge < -0.3 is 18.9 Å². The molecule has 1 heterocycles. The van der Waals surface area contributed by atoms with Crippen molar-refractivity contribution in [1.82, 2.24) is 0 Å². The van der Waals surface area contributed by atoms with Gasteiger partial charge in [0.15, 0.2) is 6.79 Å². The fourth-order valence-corrected chi connectivity index (χ4v) is 2.67. The molecule has 8 heteroatoms. The molecular formula is C18H17NO7. The summed E-state index contributed by atoms with van der Waals surface area (Å²) < 4.78 is 20.9. The first-order valence-electron chi connectivity index (χ1n) is 7.84. The Hall–Kier alpha value is -2.97. The molecule has 3 rings (SSSR count). The minimum Gasteiger partial charge on any atom is -0.467 e. The highest BCUT2D eigenvalue weighted by Crippen LogP contribution is 2.33. The number of hydrogen-bond donors (Lipinski definition) is 0. The second-order valence-corrected chi connectivity index (χ2v) is 5.67. The Bertz CT molecular complexity index is 834. The minimum atomic E-state index is -0.532. The molecule has 0 atom stereocenters. The maximum atomic E-state index is 12.3. The van der Waals surface area contributed by atoms with Gasteiger partial charge in [-0.15, -0.1) is 0 Å². The molecule has 136 valence electrons. The third-order valence-corrected chi connectivity index (χ3v) is 3.81. The monoisotopic (exact) mass is 359 g/mol. The third kappa shape index (κ3) is 3.98. The summed E-state index contributed by atoms with van der Waals surface area (Å²) in [5.41, 5.74) is 2.10. The van der Waals surface area contributed by atoms with Crippen LogP contribution in [0.1, 0.15) is 27.0 Å². The van der Waals surface area contributed by atoms with Crippen molar-refractivity contribution in [2.24, 2.45) is 0 Å². The van der Waals surface area contributed by atoms with Crippen molar-refractivity contribution in [3.8, 4) is 5.75 Å². The summed E-state index contributed by atoms with van der Waals surface area (Å²) in [6.07, 6.45) is 0. The Morgan fingerprint density at radius 1 is 1.27 bits per heavy atom. The Balaban J connectivity index is 1.78. The number of benzene rings is 2. The summed E-state index contributed by atoms with van der Waals surface area (Å²) in [7, 11) is 1.57. The van der Waals surface area contributed by atoms with Crippen LogP contribution in [0.4, 0.5) is 5.69 Å². The van der Waals surface area contributed by atoms with Gasteiger partial charge in [-0.25, -0.2) is 4.79 Å². The zero-order chi connectivity index (χ0) is 18.5. The number of nitrogens with zero attached hydrogens (tertiary/aromatic N) is 1. The standard InChI is InChI=1S/C18H17NO7/c1-23-8-12-3-2-4-13(5-12)18(20)25-10-15-7-16(19(21)22)6-14-9-24-11-26-17(14)15/h2-7H,8-11H2,1H3. The summed E-state index contributed by atoms with van der Waals surface area (Å²) >= 11 is 0. The van der Waals surface area contributed by atoms with E-state index in [-0.39, 0.29) is 25.7 Å². The lowest BCUT2D eigenvalue weighted by Crippen LogP contribution is -2.15. The molecule has 1 aliphatic heterocycles. The van der Waals surface area contributed by atoms with E-state index < -0.39 is 10.9 Å². The molecule has 0 amide bonds. The number of ether oxygens (including phenoxy) is 4. The van der Waals surface area contributed by atoms with Gasteiger partial charge in [0.05, 0.1) is 23.7 Å². The van der Waals surface area contributed by atoms with E-state index >= 15 is 0 Å². The minimum absolute atomic E-state index is 0.0464. The predicted octanol–water partition coefficient (Wildman–Crippen LogP) is 2.96. The van der Waals surface area contributed by atoms with Crippen LogP contribution in [0.15, 0.2) is 36.4 Å². The number of carbonyl (C=O) groups excluding carboxylic acids is 1. The zero-order valence-electron chi connectivity index (χ0n) is 14.1. The fourth-order valence-electron chi connectivity index (χ4n) is 2.67. The van der Waals surface area contributed by atoms with Crippen molar-refractivity contribution < 1.29 is 28.7 Å². The van der Waals surface area contributed by atoms with Crippen molar-refractivity contribution in [3.05, 3.63) is 68.8 Å². The highest BCUT2D eigenvalue weighted by atomic mass is 16.7. The number of non-ortho nitro benzene ring substituents is 1. The molecule has 0 radical (unpaired) electrons. The van der Waals surface area contributed by atoms with Crippen molar-refractivity contribution in [2.75, 3.05) is 13.9 Å². The first-order chi connectivity index (χ1) is 12.6. The normalized spacial score (nSPS) is 12.8. The first kappa shape index (κ1) is 17.8. The zero-order valence-corrected chi connectivity index (χ0v) is 14.1. The van der Waals surface area contributed by atoms with Gasteiger partial charge in [0.2, 0.25) is 0 Å². The number of nitro groups is 1. The fraction of sp³-hybridized carbons (Fsp3) is 0.278. The molecule has 8 nitrogen and oxygen atoms in total. The number of rotatable bonds is 6. The molecule has 0 bridgehead atoms. The number of esters is 1. The van der Waals surface area contributed by atoms with Crippen molar-refractivity contribution in [1.29, 1.82) is 0 Å². The highest BCUT2D eigenvalue weighted by Gasteiger charge is 2.22. The Morgan fingerprint density at radius 3 is 2.88 bits per heavy atom. The first-order valence-corrected chi connectivity index (χ1v) is 7.84. The number of methoxy groups -OCH3 is 1. The molecule has 2 aromatic carbocycles. The molecule has 0 fully saturated rings. The predicted molar refractivity (Wildman–Crippen MR) is 89.7 cm³/mol. The number of carbonyl (C=O) groups is 1. The third-order valence-electron chi connectivity index (χ3n) is 3.81. The smallest absolute Gasteiger partial charge is 0.338 e. The largest absolute Gasteiger partial charge is 0.467 e. The molecule has 0 saturated carbocycles. The van der Waals surface area contributed by atoms with Crippen molar-refractivity contribution in [2.45, 2.75) is 19.8 Å². The summed E-state index contributed by atoms with van der Waals surface area (Å²) in [5, 5.41) is 11.1. The highest BCUT2D eigenvalue weighted by molar-refractivity contribution is 5.89. The molecule has 0 aromatic heterocycles.